The summed E-state index contributed by atoms with van der Waals surface area (Å²) >= 11 is 0. The molecule has 0 spiro atoms. The molecule has 0 unspecified atom stereocenters. The minimum absolute atomic E-state index is 0.0608. The molecule has 0 aliphatic heterocycles. The van der Waals surface area contributed by atoms with E-state index in [9.17, 15) is 19.2 Å². The van der Waals surface area contributed by atoms with Crippen LogP contribution in [-0.4, -0.2) is 37.1 Å². The number of halogens is 2. The van der Waals surface area contributed by atoms with E-state index in [1.807, 2.05) is 0 Å². The Bertz CT molecular complexity index is 2720. The molecule has 0 aliphatic carbocycles. The van der Waals surface area contributed by atoms with Crippen LogP contribution in [0.3, 0.4) is 0 Å². The normalized spacial score (nSPS) is 10.9. The van der Waals surface area contributed by atoms with E-state index < -0.39 is 35.5 Å². The summed E-state index contributed by atoms with van der Waals surface area (Å²) < 4.78 is 64.3. The molecule has 0 amide bonds. The van der Waals surface area contributed by atoms with Crippen LogP contribution in [-0.2, 0) is 0 Å². The number of benzene rings is 6. The Hall–Kier alpha value is -7.34. The molecular weight excluding hydrogens is 967 g/mol. The molecular formula is C64H72F2O10. The van der Waals surface area contributed by atoms with E-state index in [-0.39, 0.29) is 45.3 Å². The zero-order valence-electron chi connectivity index (χ0n) is 44.1. The molecule has 76 heavy (non-hydrogen) atoms. The van der Waals surface area contributed by atoms with Crippen LogP contribution in [0.4, 0.5) is 8.78 Å². The number of rotatable bonds is 33. The van der Waals surface area contributed by atoms with Gasteiger partial charge in [0.2, 0.25) is 0 Å². The molecule has 10 nitrogen and oxygen atoms in total. The highest BCUT2D eigenvalue weighted by Crippen LogP contribution is 2.32. The van der Waals surface area contributed by atoms with E-state index in [2.05, 4.69) is 13.8 Å². The molecule has 0 aromatic heterocycles. The fraction of sp³-hybridized carbons (Fsp3) is 0.375. The first kappa shape index (κ1) is 57.9. The van der Waals surface area contributed by atoms with Crippen molar-refractivity contribution in [1.82, 2.24) is 0 Å². The van der Waals surface area contributed by atoms with Gasteiger partial charge >= 0.3 is 23.9 Å². The van der Waals surface area contributed by atoms with Gasteiger partial charge in [-0.2, -0.15) is 0 Å². The highest BCUT2D eigenvalue weighted by molar-refractivity contribution is 5.94. The molecule has 0 aliphatic rings. The largest absolute Gasteiger partial charge is 0.494 e. The Morgan fingerprint density at radius 1 is 0.303 bits per heavy atom. The predicted molar refractivity (Wildman–Crippen MR) is 292 cm³/mol. The molecule has 6 rings (SSSR count). The number of esters is 4. The lowest BCUT2D eigenvalue weighted by molar-refractivity contribution is 0.0720. The number of hydrogen-bond donors (Lipinski definition) is 0. The summed E-state index contributed by atoms with van der Waals surface area (Å²) in [6, 6.07) is 31.8. The van der Waals surface area contributed by atoms with Gasteiger partial charge in [0, 0.05) is 17.2 Å². The third kappa shape index (κ3) is 19.7. The van der Waals surface area contributed by atoms with Gasteiger partial charge in [-0.15, -0.1) is 0 Å². The number of unbranched alkanes of at least 4 members (excludes halogenated alkanes) is 18. The highest BCUT2D eigenvalue weighted by atomic mass is 19.1. The lowest BCUT2D eigenvalue weighted by atomic mass is 10.0. The van der Waals surface area contributed by atoms with Crippen molar-refractivity contribution in [3.63, 3.8) is 0 Å². The second-order valence-electron chi connectivity index (χ2n) is 19.0. The van der Waals surface area contributed by atoms with E-state index in [1.54, 1.807) is 48.5 Å². The lowest BCUT2D eigenvalue weighted by Crippen LogP contribution is -2.10. The fourth-order valence-corrected chi connectivity index (χ4v) is 8.47. The predicted octanol–water partition coefficient (Wildman–Crippen LogP) is 17.1. The average Bonchev–Trinajstić information content (AvgIpc) is 3.43. The quantitative estimate of drug-likeness (QED) is 0.0224. The standard InChI is InChI=1S/C64H72F2O10/c1-3-5-7-9-11-13-15-17-19-21-43-71-51-31-23-47(24-32-51)61(67)73-53-35-27-49(28-36-53)63(69)75-55-40-42-59(65)58(45-55)57-41-39-56(46-60(57)66)76-64(70)50-29-37-54(38-30-50)74-62(68)48-25-33-52(34-26-48)72-44-22-20-18-16-14-12-10-8-6-4-2/h23-42,45-46H,3-22,43-44H2,1-2H3. The topological polar surface area (TPSA) is 124 Å². The van der Waals surface area contributed by atoms with E-state index in [0.29, 0.717) is 35.8 Å². The molecule has 0 heterocycles. The monoisotopic (exact) mass is 1040 g/mol. The van der Waals surface area contributed by atoms with Crippen molar-refractivity contribution >= 4 is 23.9 Å². The zero-order valence-corrected chi connectivity index (χ0v) is 44.1. The van der Waals surface area contributed by atoms with Crippen LogP contribution in [0.5, 0.6) is 34.5 Å². The van der Waals surface area contributed by atoms with Crippen molar-refractivity contribution in [2.75, 3.05) is 13.2 Å². The van der Waals surface area contributed by atoms with Crippen LogP contribution in [0.2, 0.25) is 0 Å². The molecule has 0 saturated heterocycles. The first-order chi connectivity index (χ1) is 37.1. The Morgan fingerprint density at radius 3 is 0.947 bits per heavy atom. The number of carbonyl (C=O) groups is 4. The summed E-state index contributed by atoms with van der Waals surface area (Å²) in [5.41, 5.74) is 0.497. The summed E-state index contributed by atoms with van der Waals surface area (Å²) in [5.74, 6) is -2.93. The highest BCUT2D eigenvalue weighted by Gasteiger charge is 2.18. The van der Waals surface area contributed by atoms with Crippen molar-refractivity contribution in [3.05, 3.63) is 167 Å². The maximum Gasteiger partial charge on any atom is 0.343 e. The zero-order chi connectivity index (χ0) is 53.7. The SMILES string of the molecule is CCCCCCCCCCCCOc1ccc(C(=O)Oc2ccc(C(=O)Oc3ccc(-c4cc(OC(=O)c5ccc(OC(=O)c6ccc(OCCCCCCCCCCCC)cc6)cc5)ccc4F)c(F)c3)cc2)cc1. The van der Waals surface area contributed by atoms with Crippen LogP contribution >= 0.6 is 0 Å². The van der Waals surface area contributed by atoms with Crippen molar-refractivity contribution in [3.8, 4) is 45.6 Å². The smallest absolute Gasteiger partial charge is 0.343 e. The first-order valence-corrected chi connectivity index (χ1v) is 27.2. The fourth-order valence-electron chi connectivity index (χ4n) is 8.47. The van der Waals surface area contributed by atoms with Gasteiger partial charge in [-0.3, -0.25) is 0 Å². The summed E-state index contributed by atoms with van der Waals surface area (Å²) in [7, 11) is 0. The van der Waals surface area contributed by atoms with Gasteiger partial charge in [-0.25, -0.2) is 28.0 Å². The second kappa shape index (κ2) is 32.2. The van der Waals surface area contributed by atoms with Gasteiger partial charge in [0.05, 0.1) is 35.5 Å². The minimum Gasteiger partial charge on any atom is -0.494 e. The van der Waals surface area contributed by atoms with Crippen LogP contribution < -0.4 is 28.4 Å². The molecule has 0 fully saturated rings. The van der Waals surface area contributed by atoms with Crippen molar-refractivity contribution in [2.45, 2.75) is 142 Å². The maximum absolute atomic E-state index is 15.5. The molecule has 0 saturated carbocycles. The molecule has 0 atom stereocenters. The van der Waals surface area contributed by atoms with Gasteiger partial charge in [0.15, 0.2) is 0 Å². The molecule has 0 N–H and O–H groups in total. The van der Waals surface area contributed by atoms with E-state index in [0.717, 1.165) is 37.8 Å². The van der Waals surface area contributed by atoms with E-state index in [1.165, 1.54) is 176 Å². The van der Waals surface area contributed by atoms with Crippen molar-refractivity contribution in [2.24, 2.45) is 0 Å². The van der Waals surface area contributed by atoms with Crippen molar-refractivity contribution < 1.29 is 56.4 Å². The van der Waals surface area contributed by atoms with Crippen molar-refractivity contribution in [1.29, 1.82) is 0 Å². The molecule has 402 valence electrons. The van der Waals surface area contributed by atoms with Gasteiger partial charge in [0.1, 0.15) is 46.1 Å². The Labute approximate surface area is 447 Å². The Balaban J connectivity index is 0.906. The van der Waals surface area contributed by atoms with Crippen LogP contribution in [0.1, 0.15) is 184 Å². The van der Waals surface area contributed by atoms with Crippen LogP contribution in [0, 0.1) is 11.6 Å². The molecule has 6 aromatic carbocycles. The van der Waals surface area contributed by atoms with Gasteiger partial charge < -0.3 is 28.4 Å². The average molecular weight is 1040 g/mol. The Kier molecular flexibility index (Phi) is 24.5. The number of ether oxygens (including phenoxy) is 6. The molecule has 0 radical (unpaired) electrons. The summed E-state index contributed by atoms with van der Waals surface area (Å²) in [6.07, 6.45) is 24.9. The van der Waals surface area contributed by atoms with E-state index in [4.69, 9.17) is 28.4 Å². The van der Waals surface area contributed by atoms with E-state index >= 15 is 8.78 Å². The molecule has 6 aromatic rings. The van der Waals surface area contributed by atoms with Crippen LogP contribution in [0.15, 0.2) is 133 Å². The second-order valence-corrected chi connectivity index (χ2v) is 19.0. The van der Waals surface area contributed by atoms with Gasteiger partial charge in [-0.1, -0.05) is 129 Å². The van der Waals surface area contributed by atoms with Gasteiger partial charge in [0.25, 0.3) is 0 Å². The number of carbonyl (C=O) groups excluding carboxylic acids is 4. The van der Waals surface area contributed by atoms with Crippen LogP contribution in [0.25, 0.3) is 11.1 Å². The molecule has 12 heteroatoms. The summed E-state index contributed by atoms with van der Waals surface area (Å²) in [5, 5.41) is 0. The third-order valence-corrected chi connectivity index (χ3v) is 12.9. The van der Waals surface area contributed by atoms with Gasteiger partial charge in [-0.05, 0) is 140 Å². The number of hydrogen-bond acceptors (Lipinski definition) is 10. The minimum atomic E-state index is -0.905. The Morgan fingerprint density at radius 2 is 0.592 bits per heavy atom. The summed E-state index contributed by atoms with van der Waals surface area (Å²) in [4.78, 5) is 51.8. The molecule has 0 bridgehead atoms. The maximum atomic E-state index is 15.5. The summed E-state index contributed by atoms with van der Waals surface area (Å²) in [6.45, 7) is 5.69. The lowest BCUT2D eigenvalue weighted by Gasteiger charge is -2.11. The first-order valence-electron chi connectivity index (χ1n) is 27.2. The third-order valence-electron chi connectivity index (χ3n) is 12.9.